The van der Waals surface area contributed by atoms with E-state index < -0.39 is 0 Å². The first-order chi connectivity index (χ1) is 9.40. The standard InChI is InChI=1S/C11H18N6OS2/c1-6(2)8(12)9-13-14-10-17(9)15-11(20-10)19-5-7(18)16(3)4/h6,8H,5,12H2,1-4H3/t8-/m0/s1. The summed E-state index contributed by atoms with van der Waals surface area (Å²) in [4.78, 5) is 13.8. The van der Waals surface area contributed by atoms with Crippen LogP contribution in [-0.4, -0.2) is 50.5 Å². The van der Waals surface area contributed by atoms with Crippen molar-refractivity contribution in [1.29, 1.82) is 0 Å². The molecular formula is C11H18N6OS2. The first-order valence-electron chi connectivity index (χ1n) is 6.20. The number of nitrogens with zero attached hydrogens (tertiary/aromatic N) is 5. The van der Waals surface area contributed by atoms with Gasteiger partial charge in [0.05, 0.1) is 11.8 Å². The van der Waals surface area contributed by atoms with Gasteiger partial charge in [-0.15, -0.1) is 15.3 Å². The highest BCUT2D eigenvalue weighted by atomic mass is 32.2. The Kier molecular flexibility index (Phi) is 4.61. The molecule has 2 aromatic rings. The highest BCUT2D eigenvalue weighted by Crippen LogP contribution is 2.26. The van der Waals surface area contributed by atoms with Crippen molar-refractivity contribution in [2.45, 2.75) is 24.2 Å². The lowest BCUT2D eigenvalue weighted by atomic mass is 10.1. The quantitative estimate of drug-likeness (QED) is 0.829. The molecule has 9 heteroatoms. The Hall–Kier alpha value is -1.19. The third kappa shape index (κ3) is 3.10. The minimum Gasteiger partial charge on any atom is -0.348 e. The lowest BCUT2D eigenvalue weighted by Gasteiger charge is -2.11. The minimum absolute atomic E-state index is 0.0556. The van der Waals surface area contributed by atoms with Crippen molar-refractivity contribution in [3.63, 3.8) is 0 Å². The fourth-order valence-electron chi connectivity index (χ4n) is 1.43. The van der Waals surface area contributed by atoms with Crippen LogP contribution in [0.4, 0.5) is 0 Å². The predicted molar refractivity (Wildman–Crippen MR) is 79.8 cm³/mol. The Labute approximate surface area is 125 Å². The molecule has 2 rings (SSSR count). The van der Waals surface area contributed by atoms with Crippen LogP contribution in [-0.2, 0) is 4.79 Å². The largest absolute Gasteiger partial charge is 0.348 e. The number of nitrogens with two attached hydrogens (primary N) is 1. The van der Waals surface area contributed by atoms with Gasteiger partial charge >= 0.3 is 0 Å². The molecule has 0 aliphatic rings. The number of hydrogen-bond donors (Lipinski definition) is 1. The van der Waals surface area contributed by atoms with Gasteiger partial charge in [0.25, 0.3) is 0 Å². The number of carbonyl (C=O) groups is 1. The van der Waals surface area contributed by atoms with Gasteiger partial charge < -0.3 is 10.6 Å². The average molecular weight is 314 g/mol. The maximum atomic E-state index is 11.6. The van der Waals surface area contributed by atoms with Crippen LogP contribution in [0.25, 0.3) is 4.96 Å². The van der Waals surface area contributed by atoms with Crippen LogP contribution in [0.3, 0.4) is 0 Å². The molecule has 7 nitrogen and oxygen atoms in total. The zero-order valence-corrected chi connectivity index (χ0v) is 13.5. The van der Waals surface area contributed by atoms with Crippen molar-refractivity contribution < 1.29 is 4.79 Å². The van der Waals surface area contributed by atoms with Gasteiger partial charge in [-0.3, -0.25) is 4.79 Å². The summed E-state index contributed by atoms with van der Waals surface area (Å²) < 4.78 is 2.47. The first kappa shape index (κ1) is 15.2. The van der Waals surface area contributed by atoms with Crippen molar-refractivity contribution >= 4 is 34.0 Å². The topological polar surface area (TPSA) is 89.4 Å². The second-order valence-electron chi connectivity index (χ2n) is 4.97. The number of rotatable bonds is 5. The third-order valence-electron chi connectivity index (χ3n) is 2.83. The Morgan fingerprint density at radius 1 is 1.45 bits per heavy atom. The highest BCUT2D eigenvalue weighted by molar-refractivity contribution is 8.01. The summed E-state index contributed by atoms with van der Waals surface area (Å²) in [5.41, 5.74) is 6.09. The molecule has 0 radical (unpaired) electrons. The minimum atomic E-state index is -0.201. The Morgan fingerprint density at radius 3 is 2.75 bits per heavy atom. The van der Waals surface area contributed by atoms with E-state index in [0.717, 1.165) is 4.34 Å². The van der Waals surface area contributed by atoms with Crippen molar-refractivity contribution in [2.75, 3.05) is 19.8 Å². The smallest absolute Gasteiger partial charge is 0.235 e. The molecule has 0 aliphatic heterocycles. The second-order valence-corrected chi connectivity index (χ2v) is 7.15. The number of aromatic nitrogens is 4. The van der Waals surface area contributed by atoms with E-state index in [1.807, 2.05) is 13.8 Å². The van der Waals surface area contributed by atoms with Gasteiger partial charge in [-0.25, -0.2) is 0 Å². The van der Waals surface area contributed by atoms with E-state index in [1.165, 1.54) is 23.1 Å². The zero-order chi connectivity index (χ0) is 14.9. The summed E-state index contributed by atoms with van der Waals surface area (Å²) in [7, 11) is 3.47. The summed E-state index contributed by atoms with van der Waals surface area (Å²) in [6.07, 6.45) is 0. The molecule has 2 N–H and O–H groups in total. The van der Waals surface area contributed by atoms with E-state index in [0.29, 0.717) is 16.5 Å². The SMILES string of the molecule is CC(C)[C@H](N)c1nnc2sc(SCC(=O)N(C)C)nn12. The molecule has 0 bridgehead atoms. The van der Waals surface area contributed by atoms with Crippen LogP contribution in [0.15, 0.2) is 4.34 Å². The van der Waals surface area contributed by atoms with Crippen molar-refractivity contribution in [2.24, 2.45) is 11.7 Å². The molecule has 1 atom stereocenters. The van der Waals surface area contributed by atoms with Crippen LogP contribution in [0.2, 0.25) is 0 Å². The van der Waals surface area contributed by atoms with Crippen LogP contribution < -0.4 is 5.73 Å². The summed E-state index contributed by atoms with van der Waals surface area (Å²) in [6.45, 7) is 4.06. The Balaban J connectivity index is 2.16. The maximum absolute atomic E-state index is 11.6. The molecule has 0 fully saturated rings. The summed E-state index contributed by atoms with van der Waals surface area (Å²) in [6, 6.07) is -0.201. The molecule has 0 aromatic carbocycles. The fraction of sp³-hybridized carbons (Fsp3) is 0.636. The van der Waals surface area contributed by atoms with E-state index in [1.54, 1.807) is 23.5 Å². The predicted octanol–water partition coefficient (Wildman–Crippen LogP) is 1.02. The number of fused-ring (bicyclic) bond motifs is 1. The highest BCUT2D eigenvalue weighted by Gasteiger charge is 2.20. The molecule has 0 spiro atoms. The molecule has 0 saturated heterocycles. The van der Waals surface area contributed by atoms with Crippen LogP contribution in [0, 0.1) is 5.92 Å². The van der Waals surface area contributed by atoms with E-state index >= 15 is 0 Å². The van der Waals surface area contributed by atoms with Crippen LogP contribution >= 0.6 is 23.1 Å². The van der Waals surface area contributed by atoms with Crippen LogP contribution in [0.5, 0.6) is 0 Å². The van der Waals surface area contributed by atoms with Gasteiger partial charge in [0, 0.05) is 14.1 Å². The van der Waals surface area contributed by atoms with Crippen molar-refractivity contribution in [3.8, 4) is 0 Å². The molecule has 20 heavy (non-hydrogen) atoms. The van der Waals surface area contributed by atoms with Crippen molar-refractivity contribution in [1.82, 2.24) is 24.7 Å². The summed E-state index contributed by atoms with van der Waals surface area (Å²) >= 11 is 2.82. The van der Waals surface area contributed by atoms with Gasteiger partial charge in [0.15, 0.2) is 10.2 Å². The number of thioether (sulfide) groups is 1. The molecule has 2 heterocycles. The summed E-state index contributed by atoms with van der Waals surface area (Å²) in [5.74, 6) is 1.34. The Bertz CT molecular complexity index is 605. The zero-order valence-electron chi connectivity index (χ0n) is 11.9. The molecule has 110 valence electrons. The molecule has 0 unspecified atom stereocenters. The molecule has 0 saturated carbocycles. The number of amides is 1. The van der Waals surface area contributed by atoms with Gasteiger partial charge in [-0.05, 0) is 5.92 Å². The van der Waals surface area contributed by atoms with Gasteiger partial charge in [-0.2, -0.15) is 4.52 Å². The molecule has 1 amide bonds. The monoisotopic (exact) mass is 314 g/mol. The van der Waals surface area contributed by atoms with Gasteiger partial charge in [0.2, 0.25) is 10.9 Å². The van der Waals surface area contributed by atoms with Gasteiger partial charge in [-0.1, -0.05) is 36.9 Å². The van der Waals surface area contributed by atoms with Gasteiger partial charge in [0.1, 0.15) is 0 Å². The normalized spacial score (nSPS) is 13.1. The molecular weight excluding hydrogens is 296 g/mol. The lowest BCUT2D eigenvalue weighted by Crippen LogP contribution is -2.23. The van der Waals surface area contributed by atoms with E-state index in [2.05, 4.69) is 15.3 Å². The average Bonchev–Trinajstić information content (AvgIpc) is 2.94. The maximum Gasteiger partial charge on any atom is 0.235 e. The van der Waals surface area contributed by atoms with Crippen LogP contribution in [0.1, 0.15) is 25.7 Å². The lowest BCUT2D eigenvalue weighted by molar-refractivity contribution is -0.125. The first-order valence-corrected chi connectivity index (χ1v) is 8.01. The number of hydrogen-bond acceptors (Lipinski definition) is 7. The summed E-state index contributed by atoms with van der Waals surface area (Å²) in [5, 5.41) is 12.6. The third-order valence-corrected chi connectivity index (χ3v) is 4.85. The Morgan fingerprint density at radius 2 is 2.15 bits per heavy atom. The van der Waals surface area contributed by atoms with E-state index in [4.69, 9.17) is 5.73 Å². The second kappa shape index (κ2) is 6.06. The fourth-order valence-corrected chi connectivity index (χ4v) is 3.29. The number of carbonyl (C=O) groups excluding carboxylic acids is 1. The molecule has 2 aromatic heterocycles. The van der Waals surface area contributed by atoms with Crippen molar-refractivity contribution in [3.05, 3.63) is 5.82 Å². The van der Waals surface area contributed by atoms with E-state index in [9.17, 15) is 4.79 Å². The van der Waals surface area contributed by atoms with E-state index in [-0.39, 0.29) is 17.9 Å². The molecule has 0 aliphatic carbocycles.